The van der Waals surface area contributed by atoms with E-state index in [0.717, 1.165) is 6.07 Å². The Bertz CT molecular complexity index is 836. The van der Waals surface area contributed by atoms with Crippen LogP contribution in [0.5, 0.6) is 0 Å². The molecule has 0 aliphatic rings. The van der Waals surface area contributed by atoms with E-state index in [2.05, 4.69) is 5.32 Å². The highest BCUT2D eigenvalue weighted by Gasteiger charge is 2.21. The second-order valence-corrected chi connectivity index (χ2v) is 7.57. The largest absolute Gasteiger partial charge is 0.351 e. The highest BCUT2D eigenvalue weighted by molar-refractivity contribution is 7.91. The third kappa shape index (κ3) is 5.01. The number of amides is 1. The summed E-state index contributed by atoms with van der Waals surface area (Å²) in [4.78, 5) is 11.8. The van der Waals surface area contributed by atoms with Crippen LogP contribution in [0.3, 0.4) is 0 Å². The van der Waals surface area contributed by atoms with Crippen LogP contribution < -0.4 is 5.32 Å². The second kappa shape index (κ2) is 7.72. The van der Waals surface area contributed by atoms with Crippen molar-refractivity contribution in [3.05, 3.63) is 70.2 Å². The first kappa shape index (κ1) is 18.4. The van der Waals surface area contributed by atoms with E-state index in [1.807, 2.05) is 0 Å². The van der Waals surface area contributed by atoms with Gasteiger partial charge in [-0.25, -0.2) is 17.2 Å². The monoisotopic (exact) mass is 373 g/mol. The van der Waals surface area contributed by atoms with Crippen LogP contribution >= 0.6 is 11.6 Å². The number of halogens is 3. The highest BCUT2D eigenvalue weighted by Crippen LogP contribution is 2.21. The van der Waals surface area contributed by atoms with Crippen molar-refractivity contribution in [1.82, 2.24) is 5.32 Å². The summed E-state index contributed by atoms with van der Waals surface area (Å²) in [7, 11) is -3.92. The van der Waals surface area contributed by atoms with Crippen molar-refractivity contribution in [3.63, 3.8) is 0 Å². The Morgan fingerprint density at radius 3 is 2.38 bits per heavy atom. The molecule has 1 amide bonds. The summed E-state index contributed by atoms with van der Waals surface area (Å²) in [5.41, 5.74) is 0.0569. The van der Waals surface area contributed by atoms with Crippen LogP contribution in [0.25, 0.3) is 0 Å². The molecule has 0 heterocycles. The molecular formula is C16H14ClF2NO3S. The van der Waals surface area contributed by atoms with Gasteiger partial charge in [0.25, 0.3) is 0 Å². The lowest BCUT2D eigenvalue weighted by atomic mass is 10.2. The smallest absolute Gasteiger partial charge is 0.235 e. The Morgan fingerprint density at radius 2 is 1.71 bits per heavy atom. The summed E-state index contributed by atoms with van der Waals surface area (Å²) in [6, 6.07) is 9.63. The molecule has 0 unspecified atom stereocenters. The molecule has 0 aliphatic heterocycles. The van der Waals surface area contributed by atoms with E-state index >= 15 is 0 Å². The Labute approximate surface area is 143 Å². The van der Waals surface area contributed by atoms with Gasteiger partial charge in [-0.15, -0.1) is 0 Å². The van der Waals surface area contributed by atoms with Gasteiger partial charge in [0.2, 0.25) is 5.91 Å². The quantitative estimate of drug-likeness (QED) is 0.846. The molecule has 2 aromatic rings. The molecule has 0 atom stereocenters. The molecule has 0 bridgehead atoms. The minimum Gasteiger partial charge on any atom is -0.351 e. The topological polar surface area (TPSA) is 63.2 Å². The third-order valence-electron chi connectivity index (χ3n) is 3.21. The Morgan fingerprint density at radius 1 is 1.04 bits per heavy atom. The number of carbonyl (C=O) groups excluding carboxylic acids is 1. The Balaban J connectivity index is 1.99. The maximum atomic E-state index is 13.6. The zero-order valence-electron chi connectivity index (χ0n) is 12.4. The fourth-order valence-electron chi connectivity index (χ4n) is 2.03. The van der Waals surface area contributed by atoms with Crippen molar-refractivity contribution in [1.29, 1.82) is 0 Å². The van der Waals surface area contributed by atoms with Gasteiger partial charge < -0.3 is 5.32 Å². The van der Waals surface area contributed by atoms with E-state index in [9.17, 15) is 22.0 Å². The van der Waals surface area contributed by atoms with Crippen LogP contribution in [0, 0.1) is 11.6 Å². The van der Waals surface area contributed by atoms with Gasteiger partial charge in [-0.05, 0) is 18.2 Å². The molecule has 1 N–H and O–H groups in total. The molecule has 128 valence electrons. The average Bonchev–Trinajstić information content (AvgIpc) is 2.50. The molecule has 4 nitrogen and oxygen atoms in total. The zero-order valence-corrected chi connectivity index (χ0v) is 14.0. The van der Waals surface area contributed by atoms with Crippen molar-refractivity contribution < 1.29 is 22.0 Å². The Kier molecular flexibility index (Phi) is 5.90. The van der Waals surface area contributed by atoms with E-state index in [1.165, 1.54) is 30.3 Å². The van der Waals surface area contributed by atoms with Crippen molar-refractivity contribution in [3.8, 4) is 0 Å². The first-order chi connectivity index (χ1) is 11.3. The maximum Gasteiger partial charge on any atom is 0.235 e. The molecule has 0 spiro atoms. The second-order valence-electron chi connectivity index (χ2n) is 5.10. The maximum absolute atomic E-state index is 13.6. The van der Waals surface area contributed by atoms with E-state index in [-0.39, 0.29) is 22.7 Å². The molecule has 0 aliphatic carbocycles. The molecule has 8 heteroatoms. The first-order valence-electron chi connectivity index (χ1n) is 6.92. The van der Waals surface area contributed by atoms with E-state index in [0.29, 0.717) is 0 Å². The zero-order chi connectivity index (χ0) is 17.7. The van der Waals surface area contributed by atoms with Crippen molar-refractivity contribution in [2.75, 3.05) is 5.75 Å². The van der Waals surface area contributed by atoms with Gasteiger partial charge in [-0.2, -0.15) is 0 Å². The number of hydrogen-bond donors (Lipinski definition) is 1. The molecule has 0 radical (unpaired) electrons. The summed E-state index contributed by atoms with van der Waals surface area (Å²) in [5, 5.41) is 2.30. The van der Waals surface area contributed by atoms with Crippen LogP contribution in [0.4, 0.5) is 8.78 Å². The molecule has 0 aromatic heterocycles. The lowest BCUT2D eigenvalue weighted by Gasteiger charge is -2.09. The van der Waals surface area contributed by atoms with Crippen LogP contribution in [-0.2, 0) is 26.9 Å². The van der Waals surface area contributed by atoms with Gasteiger partial charge in [0, 0.05) is 22.7 Å². The lowest BCUT2D eigenvalue weighted by Crippen LogP contribution is -2.30. The minimum absolute atomic E-state index is 0.0228. The van der Waals surface area contributed by atoms with Gasteiger partial charge in [-0.1, -0.05) is 35.9 Å². The summed E-state index contributed by atoms with van der Waals surface area (Å²) < 4.78 is 51.1. The standard InChI is InChI=1S/C16H14ClF2NO3S/c17-13-5-3-7-15(19)12(13)9-24(22,23)10-16(21)20-8-11-4-1-2-6-14(11)18/h1-7H,8-10H2,(H,20,21). The predicted molar refractivity (Wildman–Crippen MR) is 87.1 cm³/mol. The van der Waals surface area contributed by atoms with Gasteiger partial charge in [0.05, 0.1) is 5.75 Å². The Hall–Kier alpha value is -1.99. The summed E-state index contributed by atoms with van der Waals surface area (Å²) in [6.45, 7) is -0.137. The van der Waals surface area contributed by atoms with Crippen molar-refractivity contribution in [2.45, 2.75) is 12.3 Å². The first-order valence-corrected chi connectivity index (χ1v) is 9.12. The van der Waals surface area contributed by atoms with Crippen LogP contribution in [0.1, 0.15) is 11.1 Å². The fourth-order valence-corrected chi connectivity index (χ4v) is 3.67. The molecule has 2 rings (SSSR count). The van der Waals surface area contributed by atoms with Crippen LogP contribution in [0.15, 0.2) is 42.5 Å². The van der Waals surface area contributed by atoms with Crippen LogP contribution in [-0.4, -0.2) is 20.1 Å². The van der Waals surface area contributed by atoms with Gasteiger partial charge in [-0.3, -0.25) is 4.79 Å². The number of sulfone groups is 1. The van der Waals surface area contributed by atoms with Gasteiger partial charge in [0.1, 0.15) is 17.4 Å². The fraction of sp³-hybridized carbons (Fsp3) is 0.188. The lowest BCUT2D eigenvalue weighted by molar-refractivity contribution is -0.118. The molecular weight excluding hydrogens is 360 g/mol. The van der Waals surface area contributed by atoms with E-state index in [4.69, 9.17) is 11.6 Å². The minimum atomic E-state index is -3.92. The number of hydrogen-bond acceptors (Lipinski definition) is 3. The number of benzene rings is 2. The average molecular weight is 374 g/mol. The molecule has 0 saturated carbocycles. The van der Waals surface area contributed by atoms with Gasteiger partial charge >= 0.3 is 0 Å². The van der Waals surface area contributed by atoms with Crippen molar-refractivity contribution in [2.24, 2.45) is 0 Å². The molecule has 0 saturated heterocycles. The molecule has 2 aromatic carbocycles. The summed E-state index contributed by atoms with van der Waals surface area (Å²) in [5.74, 6) is -3.58. The molecule has 0 fully saturated rings. The van der Waals surface area contributed by atoms with Crippen LogP contribution in [0.2, 0.25) is 5.02 Å². The number of rotatable bonds is 6. The van der Waals surface area contributed by atoms with Gasteiger partial charge in [0.15, 0.2) is 9.84 Å². The highest BCUT2D eigenvalue weighted by atomic mass is 35.5. The SMILES string of the molecule is O=C(CS(=O)(=O)Cc1c(F)cccc1Cl)NCc1ccccc1F. The van der Waals surface area contributed by atoms with Crippen molar-refractivity contribution >= 4 is 27.3 Å². The van der Waals surface area contributed by atoms with E-state index < -0.39 is 38.9 Å². The van der Waals surface area contributed by atoms with E-state index in [1.54, 1.807) is 6.07 Å². The summed E-state index contributed by atoms with van der Waals surface area (Å²) in [6.07, 6.45) is 0. The summed E-state index contributed by atoms with van der Waals surface area (Å²) >= 11 is 5.78. The number of nitrogens with one attached hydrogen (secondary N) is 1. The molecule has 24 heavy (non-hydrogen) atoms. The predicted octanol–water partition coefficient (Wildman–Crippen LogP) is 2.85. The normalized spacial score (nSPS) is 11.3. The number of carbonyl (C=O) groups is 1. The third-order valence-corrected chi connectivity index (χ3v) is 5.00.